The van der Waals surface area contributed by atoms with E-state index in [1.54, 1.807) is 0 Å². The third-order valence-electron chi connectivity index (χ3n) is 3.49. The number of benzene rings is 1. The Kier molecular flexibility index (Phi) is 5.55. The largest absolute Gasteiger partial charge is 0.352 e. The first-order chi connectivity index (χ1) is 10.5. The summed E-state index contributed by atoms with van der Waals surface area (Å²) in [5.74, 6) is -0.0562. The molecule has 0 spiro atoms. The van der Waals surface area contributed by atoms with Gasteiger partial charge in [0, 0.05) is 28.7 Å². The molecule has 0 saturated carbocycles. The van der Waals surface area contributed by atoms with Crippen LogP contribution in [-0.4, -0.2) is 10.9 Å². The summed E-state index contributed by atoms with van der Waals surface area (Å²) >= 11 is 3.41. The first-order valence-corrected chi connectivity index (χ1v) is 7.95. The van der Waals surface area contributed by atoms with Crippen LogP contribution in [0.2, 0.25) is 0 Å². The number of carbonyl (C=O) groups excluding carboxylic acids is 1. The number of carbonyl (C=O) groups is 1. The molecule has 5 heteroatoms. The van der Waals surface area contributed by atoms with Gasteiger partial charge in [-0.05, 0) is 49.6 Å². The van der Waals surface area contributed by atoms with Gasteiger partial charge in [-0.15, -0.1) is 0 Å². The molecule has 2 aromatic rings. The van der Waals surface area contributed by atoms with Gasteiger partial charge in [-0.1, -0.05) is 28.1 Å². The zero-order valence-corrected chi connectivity index (χ0v) is 14.3. The molecule has 0 aliphatic rings. The number of halogens is 1. The molecule has 0 atom stereocenters. The van der Waals surface area contributed by atoms with Gasteiger partial charge in [-0.25, -0.2) is 0 Å². The van der Waals surface area contributed by atoms with Crippen molar-refractivity contribution in [2.45, 2.75) is 33.2 Å². The normalized spacial score (nSPS) is 10.5. The lowest BCUT2D eigenvalue weighted by Crippen LogP contribution is -2.28. The fraction of sp³-hybridized carbons (Fsp3) is 0.294. The summed E-state index contributed by atoms with van der Waals surface area (Å²) in [4.78, 5) is 26.6. The van der Waals surface area contributed by atoms with Crippen molar-refractivity contribution in [3.63, 3.8) is 0 Å². The molecular formula is C17H19BrN2O2. The molecule has 22 heavy (non-hydrogen) atoms. The van der Waals surface area contributed by atoms with E-state index in [-0.39, 0.29) is 18.0 Å². The van der Waals surface area contributed by atoms with Crippen LogP contribution in [0.15, 0.2) is 39.6 Å². The maximum Gasteiger partial charge on any atom is 0.253 e. The molecule has 2 N–H and O–H groups in total. The topological polar surface area (TPSA) is 62.0 Å². The van der Waals surface area contributed by atoms with Gasteiger partial charge in [0.2, 0.25) is 5.91 Å². The summed E-state index contributed by atoms with van der Waals surface area (Å²) < 4.78 is 1.01. The molecule has 0 fully saturated rings. The number of pyridine rings is 1. The Morgan fingerprint density at radius 2 is 2.05 bits per heavy atom. The minimum Gasteiger partial charge on any atom is -0.352 e. The van der Waals surface area contributed by atoms with Crippen LogP contribution in [0.25, 0.3) is 0 Å². The molecule has 116 valence electrons. The minimum absolute atomic E-state index is 0.0562. The summed E-state index contributed by atoms with van der Waals surface area (Å²) in [5, 5.41) is 2.81. The molecule has 0 unspecified atom stereocenters. The van der Waals surface area contributed by atoms with Crippen molar-refractivity contribution in [3.05, 3.63) is 67.5 Å². The zero-order valence-electron chi connectivity index (χ0n) is 12.7. The van der Waals surface area contributed by atoms with E-state index in [2.05, 4.69) is 26.2 Å². The highest BCUT2D eigenvalue weighted by atomic mass is 79.9. The number of hydrogen-bond acceptors (Lipinski definition) is 2. The van der Waals surface area contributed by atoms with Crippen LogP contribution in [0.4, 0.5) is 0 Å². The smallest absolute Gasteiger partial charge is 0.253 e. The van der Waals surface area contributed by atoms with Crippen LogP contribution < -0.4 is 10.9 Å². The number of rotatable bonds is 5. The van der Waals surface area contributed by atoms with E-state index in [4.69, 9.17) is 0 Å². The second kappa shape index (κ2) is 7.40. The average molecular weight is 363 g/mol. The lowest BCUT2D eigenvalue weighted by molar-refractivity contribution is -0.121. The van der Waals surface area contributed by atoms with Crippen molar-refractivity contribution in [2.24, 2.45) is 0 Å². The van der Waals surface area contributed by atoms with E-state index < -0.39 is 0 Å². The van der Waals surface area contributed by atoms with Crippen molar-refractivity contribution < 1.29 is 4.79 Å². The number of aryl methyl sites for hydroxylation is 3. The number of aromatic nitrogens is 1. The van der Waals surface area contributed by atoms with Crippen molar-refractivity contribution in [1.82, 2.24) is 10.3 Å². The first-order valence-electron chi connectivity index (χ1n) is 7.16. The number of nitrogens with one attached hydrogen (secondary N) is 2. The quantitative estimate of drug-likeness (QED) is 0.858. The van der Waals surface area contributed by atoms with Crippen LogP contribution in [-0.2, 0) is 17.8 Å². The second-order valence-corrected chi connectivity index (χ2v) is 6.27. The Labute approximate surface area is 138 Å². The van der Waals surface area contributed by atoms with Gasteiger partial charge in [-0.3, -0.25) is 9.59 Å². The van der Waals surface area contributed by atoms with E-state index in [1.807, 2.05) is 44.2 Å². The Morgan fingerprint density at radius 3 is 2.73 bits per heavy atom. The lowest BCUT2D eigenvalue weighted by atomic mass is 10.1. The second-order valence-electron chi connectivity index (χ2n) is 5.35. The van der Waals surface area contributed by atoms with Gasteiger partial charge in [0.05, 0.1) is 0 Å². The Bertz CT molecular complexity index is 738. The number of hydrogen-bond donors (Lipinski definition) is 2. The van der Waals surface area contributed by atoms with Crippen LogP contribution in [0.1, 0.15) is 28.8 Å². The van der Waals surface area contributed by atoms with E-state index >= 15 is 0 Å². The third-order valence-corrected chi connectivity index (χ3v) is 3.98. The molecular weight excluding hydrogens is 344 g/mol. The summed E-state index contributed by atoms with van der Waals surface area (Å²) in [6.07, 6.45) is 1.08. The van der Waals surface area contributed by atoms with Gasteiger partial charge in [-0.2, -0.15) is 0 Å². The lowest BCUT2D eigenvalue weighted by Gasteiger charge is -2.08. The highest BCUT2D eigenvalue weighted by Gasteiger charge is 2.08. The van der Waals surface area contributed by atoms with E-state index in [9.17, 15) is 9.59 Å². The maximum absolute atomic E-state index is 11.9. The molecule has 1 aromatic heterocycles. The van der Waals surface area contributed by atoms with Gasteiger partial charge in [0.25, 0.3) is 5.56 Å². The van der Waals surface area contributed by atoms with Gasteiger partial charge in [0.15, 0.2) is 0 Å². The minimum atomic E-state index is -0.134. The Balaban J connectivity index is 1.90. The molecule has 0 radical (unpaired) electrons. The van der Waals surface area contributed by atoms with Crippen LogP contribution in [0, 0.1) is 13.8 Å². The molecule has 1 aromatic carbocycles. The predicted molar refractivity (Wildman–Crippen MR) is 90.8 cm³/mol. The summed E-state index contributed by atoms with van der Waals surface area (Å²) in [6.45, 7) is 3.98. The highest BCUT2D eigenvalue weighted by molar-refractivity contribution is 9.10. The molecule has 0 aliphatic heterocycles. The van der Waals surface area contributed by atoms with Crippen LogP contribution in [0.3, 0.4) is 0 Å². The van der Waals surface area contributed by atoms with Crippen LogP contribution in [0.5, 0.6) is 0 Å². The van der Waals surface area contributed by atoms with Gasteiger partial charge >= 0.3 is 0 Å². The van der Waals surface area contributed by atoms with E-state index in [1.165, 1.54) is 0 Å². The van der Waals surface area contributed by atoms with Crippen LogP contribution >= 0.6 is 15.9 Å². The molecule has 1 amide bonds. The number of amides is 1. The van der Waals surface area contributed by atoms with Crippen molar-refractivity contribution in [1.29, 1.82) is 0 Å². The van der Waals surface area contributed by atoms with Crippen molar-refractivity contribution in [3.8, 4) is 0 Å². The number of aromatic amines is 1. The molecule has 0 bridgehead atoms. The summed E-state index contributed by atoms with van der Waals surface area (Å²) in [6, 6.07) is 9.81. The SMILES string of the molecule is Cc1cc(C)c(CNC(=O)CCc2cccc(Br)c2)c(=O)[nH]1. The molecule has 2 rings (SSSR count). The standard InChI is InChI=1S/C17H19BrN2O2/c1-11-8-12(2)20-17(22)15(11)10-19-16(21)7-6-13-4-3-5-14(18)9-13/h3-5,8-9H,6-7,10H2,1-2H3,(H,19,21)(H,20,22). The summed E-state index contributed by atoms with van der Waals surface area (Å²) in [5.41, 5.74) is 3.31. The Hall–Kier alpha value is -1.88. The fourth-order valence-corrected chi connectivity index (χ4v) is 2.77. The average Bonchev–Trinajstić information content (AvgIpc) is 2.44. The van der Waals surface area contributed by atoms with Crippen molar-refractivity contribution in [2.75, 3.05) is 0 Å². The maximum atomic E-state index is 11.9. The van der Waals surface area contributed by atoms with Crippen molar-refractivity contribution >= 4 is 21.8 Å². The number of H-pyrrole nitrogens is 1. The molecule has 4 nitrogen and oxygen atoms in total. The molecule has 0 saturated heterocycles. The van der Waals surface area contributed by atoms with Gasteiger partial charge < -0.3 is 10.3 Å². The highest BCUT2D eigenvalue weighted by Crippen LogP contribution is 2.13. The fourth-order valence-electron chi connectivity index (χ4n) is 2.33. The first kappa shape index (κ1) is 16.5. The molecule has 0 aliphatic carbocycles. The zero-order chi connectivity index (χ0) is 16.1. The van der Waals surface area contributed by atoms with E-state index in [0.717, 1.165) is 21.3 Å². The predicted octanol–water partition coefficient (Wildman–Crippen LogP) is 3.00. The molecule has 1 heterocycles. The summed E-state index contributed by atoms with van der Waals surface area (Å²) in [7, 11) is 0. The monoisotopic (exact) mass is 362 g/mol. The van der Waals surface area contributed by atoms with Gasteiger partial charge in [0.1, 0.15) is 0 Å². The van der Waals surface area contributed by atoms with E-state index in [0.29, 0.717) is 18.4 Å². The Morgan fingerprint density at radius 1 is 1.27 bits per heavy atom. The third kappa shape index (κ3) is 4.56.